The van der Waals surface area contributed by atoms with Crippen molar-refractivity contribution in [3.8, 4) is 0 Å². The average Bonchev–Trinajstić information content (AvgIpc) is 2.60. The molecule has 2 heterocycles. The fourth-order valence-electron chi connectivity index (χ4n) is 0.913. The van der Waals surface area contributed by atoms with E-state index in [4.69, 9.17) is 0 Å². The Morgan fingerprint density at radius 2 is 1.50 bits per heavy atom. The smallest absolute Gasteiger partial charge is 0.162 e. The Balaban J connectivity index is 0.000000720. The Labute approximate surface area is 86.3 Å². The molecule has 2 aliphatic heterocycles. The van der Waals surface area contributed by atoms with Gasteiger partial charge in [-0.05, 0) is 0 Å². The van der Waals surface area contributed by atoms with Gasteiger partial charge in [0.15, 0.2) is 10.3 Å². The van der Waals surface area contributed by atoms with Crippen molar-refractivity contribution in [2.45, 2.75) is 0 Å². The summed E-state index contributed by atoms with van der Waals surface area (Å²) in [5.74, 6) is 2.22. The number of thioether (sulfide) groups is 2. The molecule has 0 aromatic rings. The first-order chi connectivity index (χ1) is 5.45. The van der Waals surface area contributed by atoms with Crippen LogP contribution in [0.2, 0.25) is 0 Å². The van der Waals surface area contributed by atoms with Crippen molar-refractivity contribution < 1.29 is 0 Å². The molecule has 0 saturated carbocycles. The molecule has 12 heavy (non-hydrogen) atoms. The largest absolute Gasteiger partial charge is 0.314 e. The van der Waals surface area contributed by atoms with Gasteiger partial charge >= 0.3 is 0 Å². The minimum absolute atomic E-state index is 0. The minimum Gasteiger partial charge on any atom is -0.314 e. The van der Waals surface area contributed by atoms with E-state index in [1.807, 2.05) is 0 Å². The van der Waals surface area contributed by atoms with Gasteiger partial charge in [-0.2, -0.15) is 0 Å². The normalized spacial score (nSPS) is 21.3. The fraction of sp³-hybridized carbons (Fsp3) is 0.667. The molecule has 6 heteroatoms. The van der Waals surface area contributed by atoms with E-state index in [1.54, 1.807) is 23.5 Å². The lowest BCUT2D eigenvalue weighted by atomic mass is 10.8. The molecule has 0 atom stereocenters. The van der Waals surface area contributed by atoms with E-state index in [0.717, 1.165) is 34.9 Å². The van der Waals surface area contributed by atoms with Crippen LogP contribution in [0.1, 0.15) is 0 Å². The van der Waals surface area contributed by atoms with Crippen LogP contribution in [0.5, 0.6) is 0 Å². The van der Waals surface area contributed by atoms with Gasteiger partial charge in [0.05, 0.1) is 13.1 Å². The van der Waals surface area contributed by atoms with Crippen LogP contribution in [0.25, 0.3) is 0 Å². The third kappa shape index (κ3) is 2.57. The molecule has 0 aliphatic carbocycles. The van der Waals surface area contributed by atoms with Gasteiger partial charge in [-0.1, -0.05) is 23.5 Å². The molecule has 0 unspecified atom stereocenters. The highest BCUT2D eigenvalue weighted by Gasteiger charge is 2.12. The standard InChI is InChI=1S/C6H9N3S2.ClH/c1-3-10-5(7-1)9-6-8-2-4-11-6;/h1-4H2,(H,7,8,9);1H. The van der Waals surface area contributed by atoms with Crippen molar-refractivity contribution in [3.05, 3.63) is 0 Å². The number of hydrogen-bond acceptors (Lipinski definition) is 5. The van der Waals surface area contributed by atoms with Crippen molar-refractivity contribution >= 4 is 46.3 Å². The predicted octanol–water partition coefficient (Wildman–Crippen LogP) is 1.20. The van der Waals surface area contributed by atoms with Crippen molar-refractivity contribution in [2.75, 3.05) is 24.6 Å². The van der Waals surface area contributed by atoms with Crippen LogP contribution in [0.15, 0.2) is 9.98 Å². The monoisotopic (exact) mass is 223 g/mol. The summed E-state index contributed by atoms with van der Waals surface area (Å²) >= 11 is 3.55. The first-order valence-electron chi connectivity index (χ1n) is 3.57. The zero-order valence-electron chi connectivity index (χ0n) is 6.45. The van der Waals surface area contributed by atoms with E-state index in [0.29, 0.717) is 0 Å². The number of nitrogens with one attached hydrogen (secondary N) is 1. The van der Waals surface area contributed by atoms with Gasteiger partial charge in [-0.25, -0.2) is 0 Å². The Kier molecular flexibility index (Phi) is 4.25. The highest BCUT2D eigenvalue weighted by Crippen LogP contribution is 2.13. The van der Waals surface area contributed by atoms with E-state index >= 15 is 0 Å². The van der Waals surface area contributed by atoms with Crippen LogP contribution in [0.4, 0.5) is 0 Å². The molecule has 0 fully saturated rings. The minimum atomic E-state index is 0. The molecule has 0 saturated heterocycles. The van der Waals surface area contributed by atoms with Crippen molar-refractivity contribution in [2.24, 2.45) is 9.98 Å². The van der Waals surface area contributed by atoms with Gasteiger partial charge in [-0.3, -0.25) is 9.98 Å². The molecule has 0 aromatic carbocycles. The van der Waals surface area contributed by atoms with Crippen LogP contribution in [0, 0.1) is 0 Å². The molecule has 2 rings (SSSR count). The van der Waals surface area contributed by atoms with Gasteiger partial charge in [0.25, 0.3) is 0 Å². The highest BCUT2D eigenvalue weighted by molar-refractivity contribution is 8.16. The van der Waals surface area contributed by atoms with Crippen LogP contribution >= 0.6 is 35.9 Å². The highest BCUT2D eigenvalue weighted by atomic mass is 35.5. The Hall–Kier alpha value is 0.130. The second-order valence-electron chi connectivity index (χ2n) is 2.20. The molecule has 0 amide bonds. The number of aliphatic imine (C=N–C) groups is 2. The Morgan fingerprint density at radius 1 is 1.00 bits per heavy atom. The van der Waals surface area contributed by atoms with E-state index < -0.39 is 0 Å². The van der Waals surface area contributed by atoms with Gasteiger partial charge in [0, 0.05) is 11.5 Å². The maximum absolute atomic E-state index is 4.27. The topological polar surface area (TPSA) is 36.8 Å². The van der Waals surface area contributed by atoms with E-state index in [2.05, 4.69) is 15.3 Å². The van der Waals surface area contributed by atoms with E-state index in [9.17, 15) is 0 Å². The lowest BCUT2D eigenvalue weighted by molar-refractivity contribution is 1.14. The molecule has 68 valence electrons. The third-order valence-electron chi connectivity index (χ3n) is 1.38. The van der Waals surface area contributed by atoms with Gasteiger partial charge in [0.1, 0.15) is 0 Å². The van der Waals surface area contributed by atoms with Crippen molar-refractivity contribution in [1.82, 2.24) is 5.32 Å². The van der Waals surface area contributed by atoms with Gasteiger partial charge < -0.3 is 5.32 Å². The molecular formula is C6H10ClN3S2. The van der Waals surface area contributed by atoms with E-state index in [-0.39, 0.29) is 12.4 Å². The molecule has 0 spiro atoms. The molecular weight excluding hydrogens is 214 g/mol. The van der Waals surface area contributed by atoms with E-state index in [1.165, 1.54) is 0 Å². The summed E-state index contributed by atoms with van der Waals surface area (Å²) in [7, 11) is 0. The zero-order chi connectivity index (χ0) is 7.52. The number of halogens is 1. The molecule has 0 bridgehead atoms. The summed E-state index contributed by atoms with van der Waals surface area (Å²) < 4.78 is 0. The quantitative estimate of drug-likeness (QED) is 0.671. The molecule has 0 radical (unpaired) electrons. The van der Waals surface area contributed by atoms with Crippen molar-refractivity contribution in [3.63, 3.8) is 0 Å². The Bertz CT molecular complexity index is 195. The Morgan fingerprint density at radius 3 is 1.83 bits per heavy atom. The molecule has 2 aliphatic rings. The zero-order valence-corrected chi connectivity index (χ0v) is 8.90. The number of rotatable bonds is 0. The lowest BCUT2D eigenvalue weighted by Crippen LogP contribution is -2.23. The SMILES string of the molecule is C1CSC(NC2=NCCS2)=N1.Cl. The second kappa shape index (κ2) is 4.99. The van der Waals surface area contributed by atoms with Gasteiger partial charge in [-0.15, -0.1) is 12.4 Å². The molecule has 0 aromatic heterocycles. The van der Waals surface area contributed by atoms with Crippen LogP contribution in [-0.2, 0) is 0 Å². The first kappa shape index (κ1) is 10.2. The summed E-state index contributed by atoms with van der Waals surface area (Å²) in [5, 5.41) is 5.28. The van der Waals surface area contributed by atoms with Crippen molar-refractivity contribution in [1.29, 1.82) is 0 Å². The maximum Gasteiger partial charge on any atom is 0.162 e. The van der Waals surface area contributed by atoms with Gasteiger partial charge in [0.2, 0.25) is 0 Å². The first-order valence-corrected chi connectivity index (χ1v) is 5.54. The summed E-state index contributed by atoms with van der Waals surface area (Å²) in [6.45, 7) is 1.90. The molecule has 3 nitrogen and oxygen atoms in total. The van der Waals surface area contributed by atoms with Crippen LogP contribution in [0.3, 0.4) is 0 Å². The summed E-state index contributed by atoms with van der Waals surface area (Å²) in [6, 6.07) is 0. The van der Waals surface area contributed by atoms with Crippen LogP contribution in [-0.4, -0.2) is 34.9 Å². The summed E-state index contributed by atoms with van der Waals surface area (Å²) in [5.41, 5.74) is 0. The average molecular weight is 224 g/mol. The lowest BCUT2D eigenvalue weighted by Gasteiger charge is -2.01. The van der Waals surface area contributed by atoms with Crippen LogP contribution < -0.4 is 5.32 Å². The third-order valence-corrected chi connectivity index (χ3v) is 3.17. The number of nitrogens with zero attached hydrogens (tertiary/aromatic N) is 2. The predicted molar refractivity (Wildman–Crippen MR) is 59.9 cm³/mol. The fourth-order valence-corrected chi connectivity index (χ4v) is 2.43. The summed E-state index contributed by atoms with van der Waals surface area (Å²) in [6.07, 6.45) is 0. The summed E-state index contributed by atoms with van der Waals surface area (Å²) in [4.78, 5) is 8.55. The number of hydrogen-bond donors (Lipinski definition) is 1. The maximum atomic E-state index is 4.27. The molecule has 1 N–H and O–H groups in total. The number of amidine groups is 2. The second-order valence-corrected chi connectivity index (χ2v) is 4.36.